The summed E-state index contributed by atoms with van der Waals surface area (Å²) < 4.78 is 52.0. The van der Waals surface area contributed by atoms with Gasteiger partial charge in [0.05, 0.1) is 31.0 Å². The summed E-state index contributed by atoms with van der Waals surface area (Å²) >= 11 is 0. The van der Waals surface area contributed by atoms with Crippen LogP contribution < -0.4 is 0 Å². The molecule has 1 aliphatic heterocycles. The van der Waals surface area contributed by atoms with E-state index in [1.54, 1.807) is 6.08 Å². The zero-order valence-electron chi connectivity index (χ0n) is 40.6. The lowest BCUT2D eigenvalue weighted by Crippen LogP contribution is -2.56. The van der Waals surface area contributed by atoms with Gasteiger partial charge in [-0.2, -0.15) is 0 Å². The van der Waals surface area contributed by atoms with E-state index in [2.05, 4.69) is 55.5 Å². The quantitative estimate of drug-likeness (QED) is 0.0225. The summed E-state index contributed by atoms with van der Waals surface area (Å²) in [5.41, 5.74) is 0. The molecule has 0 saturated heterocycles. The lowest BCUT2D eigenvalue weighted by molar-refractivity contribution is -0.165. The van der Waals surface area contributed by atoms with Crippen molar-refractivity contribution in [2.75, 3.05) is 13.2 Å². The summed E-state index contributed by atoms with van der Waals surface area (Å²) in [6.07, 6.45) is 11.6. The van der Waals surface area contributed by atoms with Gasteiger partial charge < -0.3 is 54.8 Å². The van der Waals surface area contributed by atoms with Crippen LogP contribution in [0.4, 0.5) is 0 Å². The first kappa shape index (κ1) is 63.1. The van der Waals surface area contributed by atoms with Gasteiger partial charge >= 0.3 is 27.6 Å². The molecule has 70 heavy (non-hydrogen) atoms. The smallest absolute Gasteiger partial charge is 0.462 e. The molecule has 400 valence electrons. The Balaban J connectivity index is 2.27. The van der Waals surface area contributed by atoms with E-state index in [0.29, 0.717) is 12.8 Å². The first-order valence-electron chi connectivity index (χ1n) is 24.6. The number of allylic oxidation sites excluding steroid dienone is 10. The van der Waals surface area contributed by atoms with Crippen molar-refractivity contribution in [3.05, 3.63) is 72.9 Å². The normalized spacial score (nSPS) is 30.6. The van der Waals surface area contributed by atoms with Crippen LogP contribution in [0.15, 0.2) is 72.9 Å². The number of unbranched alkanes of at least 4 members (excludes halogenated alkanes) is 6. The Morgan fingerprint density at radius 1 is 0.857 bits per heavy atom. The maximum Gasteiger partial charge on any atom is 0.472 e. The molecule has 0 aromatic carbocycles. The van der Waals surface area contributed by atoms with Crippen LogP contribution in [-0.4, -0.2) is 131 Å². The van der Waals surface area contributed by atoms with Crippen LogP contribution in [0.25, 0.3) is 0 Å². The van der Waals surface area contributed by atoms with Gasteiger partial charge in [-0.25, -0.2) is 9.13 Å². The maximum absolute atomic E-state index is 13.7. The number of cyclic esters (lactones) is 1. The molecule has 1 heterocycles. The van der Waals surface area contributed by atoms with Crippen molar-refractivity contribution in [2.24, 2.45) is 11.8 Å². The molecule has 0 aromatic rings. The number of fused-ring (bicyclic) bond motifs is 4. The molecule has 2 aliphatic rings. The Hall–Kier alpha value is -2.97. The fourth-order valence-electron chi connectivity index (χ4n) is 7.71. The number of ether oxygens (including phenoxy) is 2. The highest BCUT2D eigenvalue weighted by molar-refractivity contribution is 7.47. The fraction of sp³-hybridized carbons (Fsp3) is 0.694. The van der Waals surface area contributed by atoms with E-state index in [0.717, 1.165) is 76.4 Å². The zero-order valence-corrected chi connectivity index (χ0v) is 42.4. The molecule has 1 aliphatic carbocycles. The molecule has 1 fully saturated rings. The van der Waals surface area contributed by atoms with Gasteiger partial charge in [0.1, 0.15) is 36.8 Å². The van der Waals surface area contributed by atoms with Crippen LogP contribution in [0, 0.1) is 11.8 Å². The third-order valence-electron chi connectivity index (χ3n) is 11.6. The Morgan fingerprint density at radius 3 is 2.17 bits per heavy atom. The summed E-state index contributed by atoms with van der Waals surface area (Å²) in [5.74, 6) is -5.70. The van der Waals surface area contributed by atoms with Gasteiger partial charge in [0.15, 0.2) is 6.10 Å². The van der Waals surface area contributed by atoms with Crippen molar-refractivity contribution < 1.29 is 91.9 Å². The van der Waals surface area contributed by atoms with Gasteiger partial charge in [0, 0.05) is 31.1 Å². The summed E-state index contributed by atoms with van der Waals surface area (Å²) in [4.78, 5) is 70.4. The van der Waals surface area contributed by atoms with E-state index < -0.39 is 120 Å². The highest BCUT2D eigenvalue weighted by atomic mass is 31.2. The predicted molar refractivity (Wildman–Crippen MR) is 260 cm³/mol. The number of phosphoric ester groups is 2. The Kier molecular flexibility index (Phi) is 31.8. The molecule has 12 atom stereocenters. The van der Waals surface area contributed by atoms with Crippen molar-refractivity contribution in [3.8, 4) is 0 Å². The highest BCUT2D eigenvalue weighted by Crippen LogP contribution is 2.49. The lowest BCUT2D eigenvalue weighted by Gasteiger charge is -2.38. The Morgan fingerprint density at radius 2 is 1.51 bits per heavy atom. The number of aliphatic hydroxyl groups excluding tert-OH is 6. The van der Waals surface area contributed by atoms with E-state index >= 15 is 0 Å². The van der Waals surface area contributed by atoms with Crippen molar-refractivity contribution in [2.45, 2.75) is 191 Å². The van der Waals surface area contributed by atoms with Crippen molar-refractivity contribution in [1.82, 2.24) is 0 Å². The Labute approximate surface area is 412 Å². The van der Waals surface area contributed by atoms with Crippen LogP contribution >= 0.6 is 15.6 Å². The second-order valence-corrected chi connectivity index (χ2v) is 20.2. The third kappa shape index (κ3) is 26.6. The number of phosphoric acid groups is 2. The van der Waals surface area contributed by atoms with Gasteiger partial charge in [-0.3, -0.25) is 28.0 Å². The first-order valence-corrected chi connectivity index (χ1v) is 27.6. The molecule has 0 aromatic heterocycles. The van der Waals surface area contributed by atoms with E-state index in [9.17, 15) is 68.8 Å². The molecular formula is C49H80O19P2. The van der Waals surface area contributed by atoms with Gasteiger partial charge in [-0.15, -0.1) is 0 Å². The van der Waals surface area contributed by atoms with Gasteiger partial charge in [-0.05, 0) is 70.6 Å². The number of esters is 2. The summed E-state index contributed by atoms with van der Waals surface area (Å²) in [7, 11) is -11.5. The minimum atomic E-state index is -5.79. The molecule has 19 nitrogen and oxygen atoms in total. The highest BCUT2D eigenvalue weighted by Gasteiger charge is 2.51. The summed E-state index contributed by atoms with van der Waals surface area (Å²) in [6.45, 7) is 2.41. The second kappa shape index (κ2) is 35.2. The molecule has 0 spiro atoms. The molecule has 9 N–H and O–H groups in total. The SMILES string of the molecule is CC/C=C\C/C=C\C/C=C\C/C=C\CCCCCCC(=O)OC[C@@H]1COP(=O)(O)O[C@H]2[C@H](O)[C@@H](O)[C@H](O)[C@@H](C/C=C\CCCC(=O)O1)C(=O)C[C@@H](O)[C@H](/C=C/[C@@H](O)CCCCC)[C@@H](O)[C@H]2OP(=O)(O)O. The van der Waals surface area contributed by atoms with E-state index in [-0.39, 0.29) is 38.5 Å². The minimum absolute atomic E-state index is 0.0195. The molecule has 1 saturated carbocycles. The van der Waals surface area contributed by atoms with Gasteiger partial charge in [-0.1, -0.05) is 119 Å². The molecule has 0 amide bonds. The van der Waals surface area contributed by atoms with Crippen LogP contribution in [-0.2, 0) is 46.6 Å². The van der Waals surface area contributed by atoms with Crippen LogP contribution in [0.5, 0.6) is 0 Å². The number of Topliss-reactive ketones (excluding diaryl/α,β-unsaturated/α-hetero) is 1. The average molecular weight is 1040 g/mol. The van der Waals surface area contributed by atoms with E-state index in [1.165, 1.54) is 6.08 Å². The summed E-state index contributed by atoms with van der Waals surface area (Å²) in [6, 6.07) is 0. The number of rotatable bonds is 24. The average Bonchev–Trinajstić information content (AvgIpc) is 3.30. The molecule has 0 radical (unpaired) electrons. The van der Waals surface area contributed by atoms with Crippen molar-refractivity contribution in [1.29, 1.82) is 0 Å². The van der Waals surface area contributed by atoms with Crippen molar-refractivity contribution >= 4 is 33.4 Å². The second-order valence-electron chi connectivity index (χ2n) is 17.6. The number of aliphatic hydroxyl groups is 6. The van der Waals surface area contributed by atoms with Gasteiger partial charge in [0.2, 0.25) is 0 Å². The molecule has 21 heteroatoms. The monoisotopic (exact) mass is 1030 g/mol. The number of carbonyl (C=O) groups is 3. The Bertz CT molecular complexity index is 1790. The molecule has 2 bridgehead atoms. The largest absolute Gasteiger partial charge is 0.472 e. The van der Waals surface area contributed by atoms with E-state index in [4.69, 9.17) is 23.0 Å². The van der Waals surface area contributed by atoms with E-state index in [1.807, 2.05) is 6.92 Å². The van der Waals surface area contributed by atoms with Crippen molar-refractivity contribution in [3.63, 3.8) is 0 Å². The molecular weight excluding hydrogens is 954 g/mol. The fourth-order valence-corrected chi connectivity index (χ4v) is 9.24. The standard InChI is InChI=1S/C49H80O19P2/c1-3-5-7-8-9-10-11-12-13-14-15-16-17-18-19-20-25-29-42(53)64-34-37-35-65-70(62,63)68-49-47(58)46(57)44(55)38(28-24-21-22-26-30-43(54)66-37)40(51)33-41(52)39(32-31-36(50)27-23-6-4-2)45(56)48(49)67-69(59,60)61/h5,7,9-10,12-13,15-16,21,24,31-32,36-39,41,44-50,52,55-58H,3-4,6,8,11,14,17-20,22-23,25-30,33-35H2,1-2H3,(H,62,63)(H2,59,60,61)/b7-5-,10-9-,13-12-,16-15-,24-21-,32-31+/t36-,37+,38-,39-,41+,44+,45+,46-,47+,48+,49-/m0/s1. The number of carbonyl (C=O) groups excluding carboxylic acids is 3. The topological polar surface area (TPSA) is 314 Å². The van der Waals surface area contributed by atoms with Gasteiger partial charge in [0.25, 0.3) is 0 Å². The van der Waals surface area contributed by atoms with Crippen LogP contribution in [0.2, 0.25) is 0 Å². The molecule has 2 rings (SSSR count). The molecule has 1 unspecified atom stereocenters. The number of ketones is 1. The minimum Gasteiger partial charge on any atom is -0.462 e. The number of hydrogen-bond acceptors (Lipinski definition) is 16. The first-order chi connectivity index (χ1) is 33.3. The summed E-state index contributed by atoms with van der Waals surface area (Å²) in [5, 5.41) is 68.1. The third-order valence-corrected chi connectivity index (χ3v) is 13.1. The number of hydrogen-bond donors (Lipinski definition) is 9. The zero-order chi connectivity index (χ0) is 52.0. The lowest BCUT2D eigenvalue weighted by atomic mass is 9.84. The maximum atomic E-state index is 13.7. The van der Waals surface area contributed by atoms with Crippen LogP contribution in [0.1, 0.15) is 136 Å². The van der Waals surface area contributed by atoms with Crippen LogP contribution in [0.3, 0.4) is 0 Å². The predicted octanol–water partition coefficient (Wildman–Crippen LogP) is 6.20.